The van der Waals surface area contributed by atoms with E-state index in [4.69, 9.17) is 13.3 Å². The normalized spacial score (nSPS) is 22.3. The molecule has 1 rings (SSSR count). The molecule has 0 amide bonds. The lowest BCUT2D eigenvalue weighted by Crippen LogP contribution is -2.35. The van der Waals surface area contributed by atoms with Crippen LogP contribution in [0.15, 0.2) is 24.3 Å². The lowest BCUT2D eigenvalue weighted by molar-refractivity contribution is -0.135. The summed E-state index contributed by atoms with van der Waals surface area (Å²) in [5, 5.41) is 0. The third kappa shape index (κ3) is 16.0. The number of hydrogen-bond donors (Lipinski definition) is 0. The van der Waals surface area contributed by atoms with Crippen molar-refractivity contribution in [2.45, 2.75) is 136 Å². The van der Waals surface area contributed by atoms with Gasteiger partial charge in [-0.25, -0.2) is 0 Å². The summed E-state index contributed by atoms with van der Waals surface area (Å²) in [6.07, 6.45) is 16.6. The van der Waals surface area contributed by atoms with Crippen molar-refractivity contribution in [1.29, 1.82) is 0 Å². The molecule has 0 aromatic carbocycles. The van der Waals surface area contributed by atoms with Gasteiger partial charge in [-0.15, -0.1) is 0 Å². The highest BCUT2D eigenvalue weighted by Crippen LogP contribution is 2.37. The summed E-state index contributed by atoms with van der Waals surface area (Å²) >= 11 is 0. The van der Waals surface area contributed by atoms with Crippen LogP contribution in [0, 0.1) is 11.8 Å². The van der Waals surface area contributed by atoms with Crippen molar-refractivity contribution < 1.29 is 22.9 Å². The Balaban J connectivity index is 2.87. The van der Waals surface area contributed by atoms with Crippen LogP contribution in [0.3, 0.4) is 0 Å². The van der Waals surface area contributed by atoms with Gasteiger partial charge in [-0.05, 0) is 84.6 Å². The van der Waals surface area contributed by atoms with E-state index in [1.54, 1.807) is 0 Å². The number of allylic oxidation sites excluding steroid dienone is 2. The number of carbonyl (C=O) groups is 2. The fourth-order valence-electron chi connectivity index (χ4n) is 4.69. The minimum absolute atomic E-state index is 0.0478. The van der Waals surface area contributed by atoms with Crippen LogP contribution in [0.5, 0.6) is 0 Å². The van der Waals surface area contributed by atoms with E-state index in [0.29, 0.717) is 25.0 Å². The summed E-state index contributed by atoms with van der Waals surface area (Å²) < 4.78 is 18.5. The van der Waals surface area contributed by atoms with E-state index in [-0.39, 0.29) is 30.0 Å². The predicted octanol–water partition coefficient (Wildman–Crippen LogP) is 8.26. The second-order valence-electron chi connectivity index (χ2n) is 13.5. The van der Waals surface area contributed by atoms with Gasteiger partial charge in [0.15, 0.2) is 16.6 Å². The number of carbonyl (C=O) groups excluding carboxylic acids is 2. The SMILES string of the molecule is CCCCCC(/C=C/[C@H]1C(O[Si](C)(C)C)CC(=O)[C@@H]1C/C=C/CCCC(=O)O[Si](C)(C)C)O[Si](C)(C)C. The maximum Gasteiger partial charge on any atom is 0.292 e. The molecule has 214 valence electrons. The molecule has 4 atom stereocenters. The van der Waals surface area contributed by atoms with E-state index in [2.05, 4.69) is 70.5 Å². The Kier molecular flexibility index (Phi) is 14.5. The van der Waals surface area contributed by atoms with E-state index in [0.717, 1.165) is 25.7 Å². The summed E-state index contributed by atoms with van der Waals surface area (Å²) in [5.41, 5.74) is 0. The van der Waals surface area contributed by atoms with Gasteiger partial charge in [0.25, 0.3) is 5.97 Å². The van der Waals surface area contributed by atoms with E-state index >= 15 is 0 Å². The van der Waals surface area contributed by atoms with E-state index in [1.165, 1.54) is 12.8 Å². The first-order valence-corrected chi connectivity index (χ1v) is 24.7. The number of rotatable bonds is 17. The van der Waals surface area contributed by atoms with E-state index < -0.39 is 25.0 Å². The summed E-state index contributed by atoms with van der Waals surface area (Å²) in [6, 6.07) is 0. The molecule has 1 saturated carbocycles. The van der Waals surface area contributed by atoms with Crippen LogP contribution in [-0.4, -0.2) is 48.9 Å². The van der Waals surface area contributed by atoms with Crippen LogP contribution in [-0.2, 0) is 22.9 Å². The summed E-state index contributed by atoms with van der Waals surface area (Å²) in [5.74, 6) is 0.224. The first-order valence-electron chi connectivity index (χ1n) is 14.4. The molecule has 0 radical (unpaired) electrons. The summed E-state index contributed by atoms with van der Waals surface area (Å²) in [4.78, 5) is 25.0. The van der Waals surface area contributed by atoms with Crippen molar-refractivity contribution in [1.82, 2.24) is 0 Å². The van der Waals surface area contributed by atoms with E-state index in [9.17, 15) is 9.59 Å². The van der Waals surface area contributed by atoms with Crippen LogP contribution >= 0.6 is 0 Å². The summed E-state index contributed by atoms with van der Waals surface area (Å²) in [6.45, 7) is 21.6. The van der Waals surface area contributed by atoms with Gasteiger partial charge in [0.1, 0.15) is 5.78 Å². The van der Waals surface area contributed by atoms with Crippen molar-refractivity contribution in [3.63, 3.8) is 0 Å². The minimum atomic E-state index is -1.82. The maximum absolute atomic E-state index is 13.1. The second kappa shape index (κ2) is 15.7. The predicted molar refractivity (Wildman–Crippen MR) is 163 cm³/mol. The first kappa shape index (κ1) is 34.2. The molecular formula is C29H56O5Si3. The van der Waals surface area contributed by atoms with Gasteiger partial charge in [0, 0.05) is 24.7 Å². The van der Waals surface area contributed by atoms with Crippen molar-refractivity contribution >= 4 is 36.7 Å². The van der Waals surface area contributed by atoms with Crippen molar-refractivity contribution in [2.24, 2.45) is 11.8 Å². The monoisotopic (exact) mass is 568 g/mol. The molecule has 37 heavy (non-hydrogen) atoms. The molecule has 0 aromatic rings. The molecular weight excluding hydrogens is 513 g/mol. The van der Waals surface area contributed by atoms with Crippen LogP contribution < -0.4 is 0 Å². The Hall–Kier alpha value is -0.809. The highest BCUT2D eigenvalue weighted by atomic mass is 28.4. The standard InChI is InChI=1S/C29H56O5Si3/c1-11-12-15-18-24(32-35(2,3)4)21-22-26-25(27(30)23-28(26)33-36(5,6)7)19-16-13-14-17-20-29(31)34-37(8,9)10/h13,16,21-22,24-26,28H,11-12,14-15,17-20,23H2,1-10H3/b16-13+,22-21+/t24?,25-,26-,28?/m1/s1. The van der Waals surface area contributed by atoms with Gasteiger partial charge in [-0.2, -0.15) is 0 Å². The van der Waals surface area contributed by atoms with Crippen molar-refractivity contribution in [3.8, 4) is 0 Å². The minimum Gasteiger partial charge on any atom is -0.520 e. The molecule has 2 unspecified atom stereocenters. The second-order valence-corrected chi connectivity index (χ2v) is 26.8. The largest absolute Gasteiger partial charge is 0.520 e. The maximum atomic E-state index is 13.1. The number of unbranched alkanes of at least 4 members (excludes halogenated alkanes) is 3. The number of hydrogen-bond acceptors (Lipinski definition) is 5. The van der Waals surface area contributed by atoms with Crippen molar-refractivity contribution in [3.05, 3.63) is 24.3 Å². The highest BCUT2D eigenvalue weighted by Gasteiger charge is 2.42. The van der Waals surface area contributed by atoms with Crippen LogP contribution in [0.2, 0.25) is 58.9 Å². The zero-order valence-electron chi connectivity index (χ0n) is 25.5. The average Bonchev–Trinajstić information content (AvgIpc) is 2.98. The molecule has 1 fully saturated rings. The van der Waals surface area contributed by atoms with Crippen LogP contribution in [0.25, 0.3) is 0 Å². The third-order valence-corrected chi connectivity index (χ3v) is 8.95. The van der Waals surface area contributed by atoms with Gasteiger partial charge in [-0.1, -0.05) is 50.5 Å². The van der Waals surface area contributed by atoms with Gasteiger partial charge < -0.3 is 13.3 Å². The Morgan fingerprint density at radius 1 is 0.946 bits per heavy atom. The lowest BCUT2D eigenvalue weighted by Gasteiger charge is -2.29. The quantitative estimate of drug-likeness (QED) is 0.100. The zero-order chi connectivity index (χ0) is 28.3. The molecule has 0 bridgehead atoms. The third-order valence-electron chi connectivity index (χ3n) is 6.09. The average molecular weight is 569 g/mol. The molecule has 1 aliphatic carbocycles. The van der Waals surface area contributed by atoms with E-state index in [1.807, 2.05) is 19.6 Å². The lowest BCUT2D eigenvalue weighted by atomic mass is 9.90. The molecule has 8 heteroatoms. The van der Waals surface area contributed by atoms with Crippen LogP contribution in [0.4, 0.5) is 0 Å². The molecule has 1 aliphatic rings. The molecule has 0 saturated heterocycles. The smallest absolute Gasteiger partial charge is 0.292 e. The molecule has 0 aromatic heterocycles. The van der Waals surface area contributed by atoms with Gasteiger partial charge >= 0.3 is 0 Å². The Morgan fingerprint density at radius 2 is 1.62 bits per heavy atom. The van der Waals surface area contributed by atoms with Crippen LogP contribution in [0.1, 0.15) is 64.7 Å². The fraction of sp³-hybridized carbons (Fsp3) is 0.793. The Morgan fingerprint density at radius 3 is 2.19 bits per heavy atom. The molecule has 0 heterocycles. The zero-order valence-corrected chi connectivity index (χ0v) is 28.5. The van der Waals surface area contributed by atoms with Gasteiger partial charge in [-0.3, -0.25) is 9.59 Å². The fourth-order valence-corrected chi connectivity index (χ4v) is 7.73. The topological polar surface area (TPSA) is 61.8 Å². The Labute approximate surface area is 231 Å². The van der Waals surface area contributed by atoms with Gasteiger partial charge in [0.2, 0.25) is 8.32 Å². The van der Waals surface area contributed by atoms with Gasteiger partial charge in [0.05, 0.1) is 12.2 Å². The summed E-state index contributed by atoms with van der Waals surface area (Å²) in [7, 11) is -5.29. The molecule has 0 aliphatic heterocycles. The number of Topliss-reactive ketones (excluding diaryl/α,β-unsaturated/α-hetero) is 1. The van der Waals surface area contributed by atoms with Crippen molar-refractivity contribution in [2.75, 3.05) is 0 Å². The first-order chi connectivity index (χ1) is 17.0. The molecule has 5 nitrogen and oxygen atoms in total. The Bertz CT molecular complexity index is 759. The highest BCUT2D eigenvalue weighted by molar-refractivity contribution is 6.71. The molecule has 0 spiro atoms. The number of ketones is 1. The molecule has 0 N–H and O–H groups in total.